The first-order valence-corrected chi connectivity index (χ1v) is 7.73. The monoisotopic (exact) mass is 282 g/mol. The first kappa shape index (κ1) is 13.5. The van der Waals surface area contributed by atoms with E-state index in [1.54, 1.807) is 7.05 Å². The van der Waals surface area contributed by atoms with Crippen LogP contribution in [0, 0.1) is 0 Å². The molecule has 0 spiro atoms. The Morgan fingerprint density at radius 1 is 1.38 bits per heavy atom. The quantitative estimate of drug-likeness (QED) is 0.796. The summed E-state index contributed by atoms with van der Waals surface area (Å²) in [5.74, 6) is 0.833. The highest BCUT2D eigenvalue weighted by atomic mass is 35.5. The third-order valence-corrected chi connectivity index (χ3v) is 3.72. The topological polar surface area (TPSA) is 84.8 Å². The second-order valence-electron chi connectivity index (χ2n) is 2.94. The molecule has 16 heavy (non-hydrogen) atoms. The second kappa shape index (κ2) is 5.65. The lowest BCUT2D eigenvalue weighted by Crippen LogP contribution is -2.06. The largest absolute Gasteiger partial charge is 0.357 e. The number of aromatic nitrogens is 3. The van der Waals surface area contributed by atoms with Crippen molar-refractivity contribution in [3.63, 3.8) is 0 Å². The van der Waals surface area contributed by atoms with E-state index in [9.17, 15) is 8.42 Å². The van der Waals surface area contributed by atoms with E-state index < -0.39 is 9.84 Å². The van der Waals surface area contributed by atoms with Crippen molar-refractivity contribution in [3.8, 4) is 0 Å². The third-order valence-electron chi connectivity index (χ3n) is 1.50. The number of hydrogen-bond acceptors (Lipinski definition) is 7. The first-order valence-electron chi connectivity index (χ1n) is 4.30. The van der Waals surface area contributed by atoms with E-state index in [2.05, 4.69) is 20.3 Å². The number of sulfone groups is 1. The summed E-state index contributed by atoms with van der Waals surface area (Å²) < 4.78 is 21.8. The highest BCUT2D eigenvalue weighted by molar-refractivity contribution is 8.00. The number of anilines is 1. The molecule has 0 amide bonds. The molecular formula is C7H11ClN4O2S2. The molecule has 0 aliphatic rings. The molecule has 1 rings (SSSR count). The zero-order valence-corrected chi connectivity index (χ0v) is 11.2. The summed E-state index contributed by atoms with van der Waals surface area (Å²) in [4.78, 5) is 11.7. The highest BCUT2D eigenvalue weighted by Gasteiger charge is 2.07. The molecule has 90 valence electrons. The normalized spacial score (nSPS) is 11.4. The zero-order chi connectivity index (χ0) is 12.2. The van der Waals surface area contributed by atoms with E-state index in [-0.39, 0.29) is 11.0 Å². The van der Waals surface area contributed by atoms with Gasteiger partial charge in [0.2, 0.25) is 11.2 Å². The minimum atomic E-state index is -2.96. The molecule has 1 N–H and O–H groups in total. The molecule has 0 aromatic carbocycles. The van der Waals surface area contributed by atoms with Crippen LogP contribution in [0.25, 0.3) is 0 Å². The predicted molar refractivity (Wildman–Crippen MR) is 64.8 cm³/mol. The smallest absolute Gasteiger partial charge is 0.228 e. The molecule has 6 nitrogen and oxygen atoms in total. The van der Waals surface area contributed by atoms with Crippen LogP contribution in [0.3, 0.4) is 0 Å². The van der Waals surface area contributed by atoms with Crippen LogP contribution in [0.5, 0.6) is 0 Å². The minimum Gasteiger partial charge on any atom is -0.357 e. The number of nitrogens with zero attached hydrogens (tertiary/aromatic N) is 3. The van der Waals surface area contributed by atoms with E-state index in [4.69, 9.17) is 11.6 Å². The number of halogens is 1. The van der Waals surface area contributed by atoms with Gasteiger partial charge in [-0.1, -0.05) is 11.8 Å². The van der Waals surface area contributed by atoms with Crippen LogP contribution in [0.2, 0.25) is 5.28 Å². The van der Waals surface area contributed by atoms with Gasteiger partial charge in [-0.05, 0) is 11.6 Å². The fourth-order valence-electron chi connectivity index (χ4n) is 0.793. The molecule has 0 bridgehead atoms. The van der Waals surface area contributed by atoms with Gasteiger partial charge in [-0.25, -0.2) is 8.42 Å². The lowest BCUT2D eigenvalue weighted by molar-refractivity contribution is 0.603. The van der Waals surface area contributed by atoms with Gasteiger partial charge in [-0.15, -0.1) is 0 Å². The summed E-state index contributed by atoms with van der Waals surface area (Å²) in [5.41, 5.74) is 0. The Morgan fingerprint density at radius 2 is 2.06 bits per heavy atom. The van der Waals surface area contributed by atoms with Crippen molar-refractivity contribution >= 4 is 39.1 Å². The van der Waals surface area contributed by atoms with Crippen LogP contribution in [-0.2, 0) is 9.84 Å². The van der Waals surface area contributed by atoms with Gasteiger partial charge in [0, 0.05) is 19.1 Å². The molecule has 1 aromatic heterocycles. The van der Waals surface area contributed by atoms with E-state index in [0.29, 0.717) is 16.9 Å². The molecular weight excluding hydrogens is 272 g/mol. The number of rotatable bonds is 5. The Labute approximate surface area is 103 Å². The lowest BCUT2D eigenvalue weighted by atomic mass is 10.9. The van der Waals surface area contributed by atoms with Gasteiger partial charge in [-0.3, -0.25) is 0 Å². The van der Waals surface area contributed by atoms with Crippen molar-refractivity contribution in [2.75, 3.05) is 30.1 Å². The number of thioether (sulfide) groups is 1. The van der Waals surface area contributed by atoms with Gasteiger partial charge < -0.3 is 5.32 Å². The Morgan fingerprint density at radius 3 is 2.62 bits per heavy atom. The van der Waals surface area contributed by atoms with Gasteiger partial charge in [0.05, 0.1) is 5.75 Å². The Balaban J connectivity index is 2.63. The fraction of sp³-hybridized carbons (Fsp3) is 0.571. The van der Waals surface area contributed by atoms with Crippen LogP contribution in [-0.4, -0.2) is 48.2 Å². The minimum absolute atomic E-state index is 0.0792. The van der Waals surface area contributed by atoms with Crippen molar-refractivity contribution < 1.29 is 8.42 Å². The zero-order valence-electron chi connectivity index (χ0n) is 8.77. The molecule has 1 aromatic rings. The lowest BCUT2D eigenvalue weighted by Gasteiger charge is -2.02. The van der Waals surface area contributed by atoms with E-state index >= 15 is 0 Å². The Bertz CT molecular complexity index is 465. The van der Waals surface area contributed by atoms with E-state index in [1.807, 2.05) is 0 Å². The second-order valence-corrected chi connectivity index (χ2v) is 6.60. The number of hydrogen-bond donors (Lipinski definition) is 1. The SMILES string of the molecule is CNc1nc(Cl)nc(SCCS(C)(=O)=O)n1. The molecule has 1 heterocycles. The summed E-state index contributed by atoms with van der Waals surface area (Å²) in [6.45, 7) is 0. The molecule has 0 aliphatic carbocycles. The standard InChI is InChI=1S/C7H11ClN4O2S2/c1-9-6-10-5(8)11-7(12-6)15-3-4-16(2,13)14/h3-4H2,1-2H3,(H,9,10,11,12). The highest BCUT2D eigenvalue weighted by Crippen LogP contribution is 2.16. The van der Waals surface area contributed by atoms with Crippen molar-refractivity contribution in [1.82, 2.24) is 15.0 Å². The van der Waals surface area contributed by atoms with Crippen LogP contribution < -0.4 is 5.32 Å². The molecule has 9 heteroatoms. The number of nitrogens with one attached hydrogen (secondary N) is 1. The summed E-state index contributed by atoms with van der Waals surface area (Å²) in [6, 6.07) is 0. The van der Waals surface area contributed by atoms with Gasteiger partial charge in [-0.2, -0.15) is 15.0 Å². The molecule has 0 aliphatic heterocycles. The van der Waals surface area contributed by atoms with Crippen LogP contribution in [0.15, 0.2) is 5.16 Å². The van der Waals surface area contributed by atoms with E-state index in [1.165, 1.54) is 18.0 Å². The molecule has 0 atom stereocenters. The van der Waals surface area contributed by atoms with Gasteiger partial charge in [0.15, 0.2) is 5.16 Å². The van der Waals surface area contributed by atoms with Crippen LogP contribution in [0.1, 0.15) is 0 Å². The van der Waals surface area contributed by atoms with Crippen LogP contribution >= 0.6 is 23.4 Å². The predicted octanol–water partition coefficient (Wildman–Crippen LogP) is 0.703. The maximum Gasteiger partial charge on any atom is 0.228 e. The van der Waals surface area contributed by atoms with Crippen molar-refractivity contribution in [2.24, 2.45) is 0 Å². The maximum atomic E-state index is 10.9. The molecule has 0 saturated carbocycles. The van der Waals surface area contributed by atoms with Crippen LogP contribution in [0.4, 0.5) is 5.95 Å². The van der Waals surface area contributed by atoms with Gasteiger partial charge in [0.1, 0.15) is 9.84 Å². The summed E-state index contributed by atoms with van der Waals surface area (Å²) in [7, 11) is -1.30. The molecule has 0 fully saturated rings. The van der Waals surface area contributed by atoms with Crippen molar-refractivity contribution in [2.45, 2.75) is 5.16 Å². The average molecular weight is 283 g/mol. The maximum absolute atomic E-state index is 10.9. The summed E-state index contributed by atoms with van der Waals surface area (Å²) >= 11 is 6.89. The fourth-order valence-corrected chi connectivity index (χ4v) is 3.03. The Kier molecular flexibility index (Phi) is 4.75. The average Bonchev–Trinajstić information content (AvgIpc) is 2.14. The third kappa shape index (κ3) is 4.95. The summed E-state index contributed by atoms with van der Waals surface area (Å²) in [5, 5.41) is 3.23. The van der Waals surface area contributed by atoms with Crippen molar-refractivity contribution in [3.05, 3.63) is 5.28 Å². The van der Waals surface area contributed by atoms with E-state index in [0.717, 1.165) is 0 Å². The van der Waals surface area contributed by atoms with Crippen molar-refractivity contribution in [1.29, 1.82) is 0 Å². The summed E-state index contributed by atoms with van der Waals surface area (Å²) in [6.07, 6.45) is 1.19. The van der Waals surface area contributed by atoms with Gasteiger partial charge in [0.25, 0.3) is 0 Å². The molecule has 0 radical (unpaired) electrons. The van der Waals surface area contributed by atoms with Gasteiger partial charge >= 0.3 is 0 Å². The molecule has 0 saturated heterocycles. The first-order chi connectivity index (χ1) is 7.40. The molecule has 0 unspecified atom stereocenters. The Hall–Kier alpha value is -0.600.